The van der Waals surface area contributed by atoms with Crippen molar-refractivity contribution in [2.75, 3.05) is 0 Å². The van der Waals surface area contributed by atoms with E-state index in [1.54, 1.807) is 12.1 Å². The van der Waals surface area contributed by atoms with E-state index in [0.29, 0.717) is 11.4 Å². The Morgan fingerprint density at radius 3 is 2.29 bits per heavy atom. The molecule has 0 amide bonds. The lowest BCUT2D eigenvalue weighted by atomic mass is 10.1. The molecular weight excluding hydrogens is 294 g/mol. The third-order valence-electron chi connectivity index (χ3n) is 3.56. The molecule has 2 nitrogen and oxygen atoms in total. The van der Waals surface area contributed by atoms with Gasteiger partial charge >= 0.3 is 0 Å². The minimum atomic E-state index is 0.318. The molecule has 0 aliphatic rings. The van der Waals surface area contributed by atoms with Crippen LogP contribution in [-0.4, -0.2) is 5.11 Å². The fraction of sp³-hybridized carbons (Fsp3) is 0.0909. The second-order valence-corrected chi connectivity index (χ2v) is 5.49. The monoisotopic (exact) mass is 317 g/mol. The van der Waals surface area contributed by atoms with Crippen LogP contribution in [0.3, 0.4) is 0 Å². The number of phenols is 1. The highest BCUT2D eigenvalue weighted by Gasteiger charge is 1.95. The number of allylic oxidation sites excluding steroid dienone is 1. The van der Waals surface area contributed by atoms with Crippen molar-refractivity contribution in [3.63, 3.8) is 0 Å². The van der Waals surface area contributed by atoms with Gasteiger partial charge in [0.15, 0.2) is 0 Å². The number of phenolic OH excluding ortho intramolecular Hbond substituents is 1. The fourth-order valence-electron chi connectivity index (χ4n) is 2.23. The van der Waals surface area contributed by atoms with E-state index >= 15 is 0 Å². The van der Waals surface area contributed by atoms with Crippen molar-refractivity contribution in [3.05, 3.63) is 90.5 Å². The van der Waals surface area contributed by atoms with Crippen molar-refractivity contribution in [1.29, 1.82) is 0 Å². The van der Waals surface area contributed by atoms with Gasteiger partial charge in [-0.3, -0.25) is 0 Å². The maximum Gasteiger partial charge on any atom is 0.115 e. The predicted octanol–water partition coefficient (Wildman–Crippen LogP) is 5.58. The van der Waals surface area contributed by atoms with Gasteiger partial charge in [-0.15, -0.1) is 0 Å². The highest BCUT2D eigenvalue weighted by molar-refractivity contribution is 5.85. The molecule has 0 atom stereocenters. The number of benzene rings is 3. The second-order valence-electron chi connectivity index (χ2n) is 5.49. The van der Waals surface area contributed by atoms with E-state index in [2.05, 4.69) is 43.8 Å². The first-order chi connectivity index (χ1) is 11.6. The van der Waals surface area contributed by atoms with Gasteiger partial charge in [-0.05, 0) is 46.5 Å². The summed E-state index contributed by atoms with van der Waals surface area (Å²) in [6, 6.07) is 21.5. The number of fused-ring (bicyclic) bond motifs is 1. The molecule has 0 saturated heterocycles. The molecule has 0 spiro atoms. The average Bonchev–Trinajstić information content (AvgIpc) is 2.61. The smallest absolute Gasteiger partial charge is 0.115 e. The van der Waals surface area contributed by atoms with Gasteiger partial charge in [-0.25, -0.2) is 0 Å². The Kier molecular flexibility index (Phi) is 6.21. The zero-order valence-corrected chi connectivity index (χ0v) is 13.9. The Balaban J connectivity index is 0.000000177. The molecule has 0 unspecified atom stereocenters. The van der Waals surface area contributed by atoms with Crippen molar-refractivity contribution in [2.45, 2.75) is 13.3 Å². The molecule has 3 aromatic rings. The summed E-state index contributed by atoms with van der Waals surface area (Å²) in [5.41, 5.74) is 8.35. The van der Waals surface area contributed by atoms with Gasteiger partial charge in [0.25, 0.3) is 0 Å². The van der Waals surface area contributed by atoms with Crippen molar-refractivity contribution >= 4 is 22.5 Å². The van der Waals surface area contributed by atoms with Crippen LogP contribution in [0, 0.1) is 0 Å². The van der Waals surface area contributed by atoms with Gasteiger partial charge in [-0.1, -0.05) is 74.2 Å². The molecule has 0 fully saturated rings. The largest absolute Gasteiger partial charge is 0.508 e. The lowest BCUT2D eigenvalue weighted by Gasteiger charge is -2.01. The first kappa shape index (κ1) is 17.4. The van der Waals surface area contributed by atoms with Gasteiger partial charge in [0, 0.05) is 5.70 Å². The first-order valence-electron chi connectivity index (χ1n) is 7.99. The molecule has 0 aromatic heterocycles. The topological polar surface area (TPSA) is 46.2 Å². The molecule has 3 rings (SSSR count). The molecule has 0 radical (unpaired) electrons. The predicted molar refractivity (Wildman–Crippen MR) is 105 cm³/mol. The standard InChI is InChI=1S/C12H11N.C10H12O/c1-9(13)11-7-6-10-4-2-3-5-12(10)8-11;1-2-3-4-9-5-7-10(11)8-6-9/h2-8H,1,13H2;3-8,11H,2H2,1H3/b;4-3+. The van der Waals surface area contributed by atoms with Gasteiger partial charge < -0.3 is 10.8 Å². The van der Waals surface area contributed by atoms with E-state index in [1.807, 2.05) is 36.4 Å². The maximum absolute atomic E-state index is 8.96. The van der Waals surface area contributed by atoms with Gasteiger partial charge in [0.05, 0.1) is 0 Å². The Bertz CT molecular complexity index is 832. The minimum Gasteiger partial charge on any atom is -0.508 e. The van der Waals surface area contributed by atoms with E-state index in [0.717, 1.165) is 17.5 Å². The highest BCUT2D eigenvalue weighted by atomic mass is 16.3. The Labute approximate surface area is 143 Å². The first-order valence-corrected chi connectivity index (χ1v) is 7.99. The van der Waals surface area contributed by atoms with E-state index < -0.39 is 0 Å². The minimum absolute atomic E-state index is 0.318. The van der Waals surface area contributed by atoms with Gasteiger partial charge in [0.1, 0.15) is 5.75 Å². The van der Waals surface area contributed by atoms with Crippen LogP contribution in [0.1, 0.15) is 24.5 Å². The lowest BCUT2D eigenvalue weighted by Crippen LogP contribution is -1.92. The fourth-order valence-corrected chi connectivity index (χ4v) is 2.23. The summed E-state index contributed by atoms with van der Waals surface area (Å²) in [4.78, 5) is 0. The molecule has 3 aromatic carbocycles. The molecule has 0 aliphatic carbocycles. The number of hydrogen-bond donors (Lipinski definition) is 2. The molecule has 0 aliphatic heterocycles. The third kappa shape index (κ3) is 5.03. The quantitative estimate of drug-likeness (QED) is 0.662. The van der Waals surface area contributed by atoms with Crippen molar-refractivity contribution in [1.82, 2.24) is 0 Å². The Morgan fingerprint density at radius 2 is 1.67 bits per heavy atom. The van der Waals surface area contributed by atoms with Gasteiger partial charge in [-0.2, -0.15) is 0 Å². The van der Waals surface area contributed by atoms with E-state index in [1.165, 1.54) is 10.8 Å². The summed E-state index contributed by atoms with van der Waals surface area (Å²) in [6.45, 7) is 5.80. The van der Waals surface area contributed by atoms with Crippen LogP contribution in [-0.2, 0) is 0 Å². The van der Waals surface area contributed by atoms with Crippen LogP contribution in [0.15, 0.2) is 79.4 Å². The van der Waals surface area contributed by atoms with Crippen LogP contribution >= 0.6 is 0 Å². The van der Waals surface area contributed by atoms with Crippen molar-refractivity contribution in [3.8, 4) is 5.75 Å². The Hall–Kier alpha value is -3.00. The molecule has 0 bridgehead atoms. The summed E-state index contributed by atoms with van der Waals surface area (Å²) in [6.07, 6.45) is 5.17. The molecule has 0 heterocycles. The third-order valence-corrected chi connectivity index (χ3v) is 3.56. The average molecular weight is 317 g/mol. The zero-order chi connectivity index (χ0) is 17.4. The summed E-state index contributed by atoms with van der Waals surface area (Å²) in [5, 5.41) is 11.4. The summed E-state index contributed by atoms with van der Waals surface area (Å²) >= 11 is 0. The normalized spacial score (nSPS) is 10.4. The summed E-state index contributed by atoms with van der Waals surface area (Å²) in [7, 11) is 0. The van der Waals surface area contributed by atoms with E-state index in [4.69, 9.17) is 10.8 Å². The summed E-state index contributed by atoms with van der Waals surface area (Å²) in [5.74, 6) is 0.318. The van der Waals surface area contributed by atoms with Crippen LogP contribution in [0.4, 0.5) is 0 Å². The molecular formula is C22H23NO. The zero-order valence-electron chi connectivity index (χ0n) is 13.9. The van der Waals surface area contributed by atoms with Crippen LogP contribution in [0.2, 0.25) is 0 Å². The van der Waals surface area contributed by atoms with Crippen molar-refractivity contribution < 1.29 is 5.11 Å². The maximum atomic E-state index is 8.96. The number of rotatable bonds is 3. The van der Waals surface area contributed by atoms with Crippen LogP contribution < -0.4 is 5.73 Å². The van der Waals surface area contributed by atoms with Gasteiger partial charge in [0.2, 0.25) is 0 Å². The lowest BCUT2D eigenvalue weighted by molar-refractivity contribution is 0.475. The van der Waals surface area contributed by atoms with Crippen LogP contribution in [0.25, 0.3) is 22.5 Å². The molecule has 122 valence electrons. The van der Waals surface area contributed by atoms with Crippen molar-refractivity contribution in [2.24, 2.45) is 5.73 Å². The Morgan fingerprint density at radius 1 is 1.00 bits per heavy atom. The number of nitrogens with two attached hydrogens (primary N) is 1. The van der Waals surface area contributed by atoms with E-state index in [9.17, 15) is 0 Å². The number of hydrogen-bond acceptors (Lipinski definition) is 2. The number of aromatic hydroxyl groups is 1. The molecule has 3 N–H and O–H groups in total. The van der Waals surface area contributed by atoms with Crippen LogP contribution in [0.5, 0.6) is 5.75 Å². The SMILES string of the molecule is C=C(N)c1ccc2ccccc2c1.CC/C=C/c1ccc(O)cc1. The molecule has 2 heteroatoms. The summed E-state index contributed by atoms with van der Waals surface area (Å²) < 4.78 is 0. The van der Waals surface area contributed by atoms with E-state index in [-0.39, 0.29) is 0 Å². The molecule has 24 heavy (non-hydrogen) atoms. The second kappa shape index (κ2) is 8.59. The highest BCUT2D eigenvalue weighted by Crippen LogP contribution is 2.17. The molecule has 0 saturated carbocycles.